The lowest BCUT2D eigenvalue weighted by molar-refractivity contribution is 0.0691. The van der Waals surface area contributed by atoms with Crippen LogP contribution < -0.4 is 10.6 Å². The number of carbonyl (C=O) groups is 2. The molecule has 0 aliphatic carbocycles. The van der Waals surface area contributed by atoms with Crippen LogP contribution in [0.2, 0.25) is 0 Å². The van der Waals surface area contributed by atoms with E-state index in [0.717, 1.165) is 12.8 Å². The summed E-state index contributed by atoms with van der Waals surface area (Å²) < 4.78 is 1.63. The highest BCUT2D eigenvalue weighted by Crippen LogP contribution is 2.02. The van der Waals surface area contributed by atoms with Crippen LogP contribution in [0.5, 0.6) is 0 Å². The first-order valence-electron chi connectivity index (χ1n) is 7.32. The van der Waals surface area contributed by atoms with Crippen LogP contribution in [-0.4, -0.2) is 39.2 Å². The van der Waals surface area contributed by atoms with E-state index in [1.807, 2.05) is 6.92 Å². The van der Waals surface area contributed by atoms with Gasteiger partial charge in [-0.2, -0.15) is 0 Å². The molecule has 1 aromatic rings. The van der Waals surface area contributed by atoms with Gasteiger partial charge in [0, 0.05) is 25.3 Å². The molecule has 7 nitrogen and oxygen atoms in total. The minimum Gasteiger partial charge on any atom is -0.476 e. The summed E-state index contributed by atoms with van der Waals surface area (Å²) in [4.78, 5) is 26.1. The Balaban J connectivity index is 2.19. The highest BCUT2D eigenvalue weighted by molar-refractivity contribution is 5.84. The summed E-state index contributed by atoms with van der Waals surface area (Å²) in [5.41, 5.74) is 0.00370. The van der Waals surface area contributed by atoms with E-state index in [0.29, 0.717) is 13.1 Å². The van der Waals surface area contributed by atoms with Gasteiger partial charge in [0.05, 0.1) is 6.33 Å². The van der Waals surface area contributed by atoms with Crippen molar-refractivity contribution in [1.29, 1.82) is 0 Å². The normalized spacial score (nSPS) is 11.9. The quantitative estimate of drug-likeness (QED) is 0.606. The zero-order valence-electron chi connectivity index (χ0n) is 12.6. The van der Waals surface area contributed by atoms with Crippen molar-refractivity contribution in [3.8, 4) is 0 Å². The summed E-state index contributed by atoms with van der Waals surface area (Å²) in [6.45, 7) is 5.04. The van der Waals surface area contributed by atoms with E-state index in [2.05, 4.69) is 22.5 Å². The van der Waals surface area contributed by atoms with Crippen LogP contribution in [0.1, 0.15) is 50.0 Å². The second kappa shape index (κ2) is 8.99. The third kappa shape index (κ3) is 6.78. The Morgan fingerprint density at radius 2 is 2.19 bits per heavy atom. The molecule has 7 heteroatoms. The first-order chi connectivity index (χ1) is 10.0. The standard InChI is InChI=1S/C14H24N4O3/c1-3-4-5-6-11(2)17-14(21)15-7-8-18-9-12(13(19)20)16-10-18/h9-11H,3-8H2,1-2H3,(H,19,20)(H2,15,17,21). The van der Waals surface area contributed by atoms with Crippen molar-refractivity contribution in [3.05, 3.63) is 18.2 Å². The van der Waals surface area contributed by atoms with E-state index in [9.17, 15) is 9.59 Å². The molecule has 0 bridgehead atoms. The van der Waals surface area contributed by atoms with Crippen LogP contribution in [-0.2, 0) is 6.54 Å². The predicted octanol–water partition coefficient (Wildman–Crippen LogP) is 1.85. The Kier molecular flexibility index (Phi) is 7.28. The average molecular weight is 296 g/mol. The van der Waals surface area contributed by atoms with Crippen molar-refractivity contribution in [1.82, 2.24) is 20.2 Å². The number of unbranched alkanes of at least 4 members (excludes halogenated alkanes) is 2. The first-order valence-corrected chi connectivity index (χ1v) is 7.32. The summed E-state index contributed by atoms with van der Waals surface area (Å²) in [6.07, 6.45) is 7.32. The Hall–Kier alpha value is -2.05. The topological polar surface area (TPSA) is 96.3 Å². The van der Waals surface area contributed by atoms with Crippen molar-refractivity contribution in [3.63, 3.8) is 0 Å². The molecule has 1 atom stereocenters. The number of rotatable bonds is 9. The molecular weight excluding hydrogens is 272 g/mol. The van der Waals surface area contributed by atoms with Gasteiger partial charge < -0.3 is 20.3 Å². The number of imidazole rings is 1. The molecule has 118 valence electrons. The molecular formula is C14H24N4O3. The molecule has 1 unspecified atom stereocenters. The van der Waals surface area contributed by atoms with Crippen LogP contribution in [0.25, 0.3) is 0 Å². The maximum absolute atomic E-state index is 11.6. The molecule has 0 aliphatic rings. The zero-order valence-corrected chi connectivity index (χ0v) is 12.6. The summed E-state index contributed by atoms with van der Waals surface area (Å²) in [5.74, 6) is -1.06. The van der Waals surface area contributed by atoms with Gasteiger partial charge in [0.15, 0.2) is 5.69 Å². The molecule has 0 spiro atoms. The summed E-state index contributed by atoms with van der Waals surface area (Å²) in [7, 11) is 0. The van der Waals surface area contributed by atoms with Gasteiger partial charge in [-0.25, -0.2) is 14.6 Å². The number of amides is 2. The second-order valence-corrected chi connectivity index (χ2v) is 5.10. The lowest BCUT2D eigenvalue weighted by Crippen LogP contribution is -2.41. The van der Waals surface area contributed by atoms with Crippen LogP contribution in [0.4, 0.5) is 4.79 Å². The second-order valence-electron chi connectivity index (χ2n) is 5.10. The molecule has 1 aromatic heterocycles. The van der Waals surface area contributed by atoms with E-state index < -0.39 is 5.97 Å². The summed E-state index contributed by atoms with van der Waals surface area (Å²) in [5, 5.41) is 14.4. The number of carbonyl (C=O) groups excluding carboxylic acids is 1. The lowest BCUT2D eigenvalue weighted by Gasteiger charge is -2.14. The SMILES string of the molecule is CCCCCC(C)NC(=O)NCCn1cnc(C(=O)O)c1. The van der Waals surface area contributed by atoms with Gasteiger partial charge >= 0.3 is 12.0 Å². The third-order valence-electron chi connectivity index (χ3n) is 3.13. The fourth-order valence-electron chi connectivity index (χ4n) is 1.94. The van der Waals surface area contributed by atoms with Gasteiger partial charge in [-0.15, -0.1) is 0 Å². The Morgan fingerprint density at radius 3 is 2.81 bits per heavy atom. The third-order valence-corrected chi connectivity index (χ3v) is 3.13. The lowest BCUT2D eigenvalue weighted by atomic mass is 10.1. The van der Waals surface area contributed by atoms with E-state index in [1.165, 1.54) is 25.4 Å². The van der Waals surface area contributed by atoms with Crippen molar-refractivity contribution in [2.45, 2.75) is 52.1 Å². The molecule has 1 rings (SSSR count). The van der Waals surface area contributed by atoms with Gasteiger partial charge in [-0.05, 0) is 13.3 Å². The number of nitrogens with one attached hydrogen (secondary N) is 2. The Bertz CT molecular complexity index is 459. The number of carboxylic acid groups (broad SMARTS) is 1. The number of hydrogen-bond acceptors (Lipinski definition) is 3. The molecule has 0 aliphatic heterocycles. The molecule has 3 N–H and O–H groups in total. The zero-order chi connectivity index (χ0) is 15.7. The molecule has 2 amide bonds. The predicted molar refractivity (Wildman–Crippen MR) is 79.3 cm³/mol. The fraction of sp³-hybridized carbons (Fsp3) is 0.643. The first kappa shape index (κ1) is 17.0. The monoisotopic (exact) mass is 296 g/mol. The van der Waals surface area contributed by atoms with Crippen molar-refractivity contribution >= 4 is 12.0 Å². The van der Waals surface area contributed by atoms with Crippen molar-refractivity contribution < 1.29 is 14.7 Å². The van der Waals surface area contributed by atoms with Gasteiger partial charge in [0.1, 0.15) is 0 Å². The van der Waals surface area contributed by atoms with Gasteiger partial charge in [-0.3, -0.25) is 0 Å². The minimum atomic E-state index is -1.06. The van der Waals surface area contributed by atoms with E-state index in [1.54, 1.807) is 4.57 Å². The smallest absolute Gasteiger partial charge is 0.356 e. The van der Waals surface area contributed by atoms with Crippen LogP contribution in [0.15, 0.2) is 12.5 Å². The van der Waals surface area contributed by atoms with Gasteiger partial charge in [0.25, 0.3) is 0 Å². The van der Waals surface area contributed by atoms with E-state index in [-0.39, 0.29) is 17.8 Å². The Morgan fingerprint density at radius 1 is 1.43 bits per heavy atom. The van der Waals surface area contributed by atoms with Crippen LogP contribution >= 0.6 is 0 Å². The summed E-state index contributed by atoms with van der Waals surface area (Å²) >= 11 is 0. The largest absolute Gasteiger partial charge is 0.476 e. The molecule has 1 heterocycles. The van der Waals surface area contributed by atoms with E-state index in [4.69, 9.17) is 5.11 Å². The van der Waals surface area contributed by atoms with Crippen LogP contribution in [0.3, 0.4) is 0 Å². The maximum atomic E-state index is 11.6. The molecule has 0 radical (unpaired) electrons. The number of urea groups is 1. The average Bonchev–Trinajstić information content (AvgIpc) is 2.88. The number of aromatic carboxylic acids is 1. The molecule has 0 saturated carbocycles. The van der Waals surface area contributed by atoms with Crippen molar-refractivity contribution in [2.24, 2.45) is 0 Å². The Labute approximate surface area is 124 Å². The highest BCUT2D eigenvalue weighted by Gasteiger charge is 2.08. The molecule has 0 fully saturated rings. The number of aromatic nitrogens is 2. The number of carboxylic acids is 1. The summed E-state index contributed by atoms with van der Waals surface area (Å²) in [6, 6.07) is -0.0408. The maximum Gasteiger partial charge on any atom is 0.356 e. The molecule has 0 aromatic carbocycles. The van der Waals surface area contributed by atoms with Gasteiger partial charge in [-0.1, -0.05) is 26.2 Å². The molecule has 0 saturated heterocycles. The number of hydrogen-bond donors (Lipinski definition) is 3. The van der Waals surface area contributed by atoms with Crippen LogP contribution in [0, 0.1) is 0 Å². The van der Waals surface area contributed by atoms with Crippen molar-refractivity contribution in [2.75, 3.05) is 6.54 Å². The van der Waals surface area contributed by atoms with Gasteiger partial charge in [0.2, 0.25) is 0 Å². The fourth-order valence-corrected chi connectivity index (χ4v) is 1.94. The minimum absolute atomic E-state index is 0.00370. The van der Waals surface area contributed by atoms with E-state index >= 15 is 0 Å². The molecule has 21 heavy (non-hydrogen) atoms. The number of nitrogens with zero attached hydrogens (tertiary/aromatic N) is 2. The highest BCUT2D eigenvalue weighted by atomic mass is 16.4.